The van der Waals surface area contributed by atoms with Gasteiger partial charge in [0.05, 0.1) is 40.7 Å². The summed E-state index contributed by atoms with van der Waals surface area (Å²) in [5.41, 5.74) is 7.32. The number of carbonyl (C=O) groups excluding carboxylic acids is 1. The molecule has 4 unspecified atom stereocenters. The molecule has 2 N–H and O–H groups in total. The number of aliphatic hydroxyl groups excluding tert-OH is 1. The number of fused-ring (bicyclic) bond motifs is 13. The van der Waals surface area contributed by atoms with Gasteiger partial charge in [-0.25, -0.2) is 0 Å². The lowest BCUT2D eigenvalue weighted by atomic mass is 9.40. The zero-order valence-electron chi connectivity index (χ0n) is 30.3. The van der Waals surface area contributed by atoms with Gasteiger partial charge in [-0.05, 0) is 137 Å². The van der Waals surface area contributed by atoms with Crippen LogP contribution >= 0.6 is 0 Å². The second-order valence-electron chi connectivity index (χ2n) is 18.6. The van der Waals surface area contributed by atoms with Crippen LogP contribution in [0.15, 0.2) is 18.7 Å². The largest absolute Gasteiger partial charge is 0.505 e. The lowest BCUT2D eigenvalue weighted by molar-refractivity contribution is -0.146. The number of nitrogens with zero attached hydrogens (tertiary/aromatic N) is 1. The number of hydrogen-bond acceptors (Lipinski definition) is 5. The summed E-state index contributed by atoms with van der Waals surface area (Å²) in [7, 11) is 0. The van der Waals surface area contributed by atoms with Crippen LogP contribution in [0.25, 0.3) is 27.4 Å². The van der Waals surface area contributed by atoms with Crippen molar-refractivity contribution in [3.05, 3.63) is 46.8 Å². The molecule has 9 atom stereocenters. The fourth-order valence-electron chi connectivity index (χ4n) is 13.5. The lowest BCUT2D eigenvalue weighted by Gasteiger charge is -2.64. The van der Waals surface area contributed by atoms with Crippen LogP contribution < -0.4 is 0 Å². The van der Waals surface area contributed by atoms with E-state index in [2.05, 4.69) is 71.6 Å². The van der Waals surface area contributed by atoms with Gasteiger partial charge in [0.25, 0.3) is 0 Å². The van der Waals surface area contributed by atoms with Crippen LogP contribution in [0.5, 0.6) is 5.75 Å². The molecule has 1 aromatic carbocycles. The number of benzene rings is 1. The number of aliphatic hydroxyl groups is 1. The molecule has 3 fully saturated rings. The number of Topliss-reactive ketones (excluding diaryl/α,β-unsaturated/α-hetero) is 1. The van der Waals surface area contributed by atoms with E-state index in [1.807, 2.05) is 6.92 Å². The van der Waals surface area contributed by atoms with Crippen LogP contribution in [0.2, 0.25) is 0 Å². The predicted molar refractivity (Wildman–Crippen MR) is 189 cm³/mol. The molecular formula is C42H53NO5. The Hall–Kier alpha value is -2.67. The Morgan fingerprint density at radius 1 is 1.08 bits per heavy atom. The van der Waals surface area contributed by atoms with Gasteiger partial charge in [0.2, 0.25) is 0 Å². The monoisotopic (exact) mass is 651 g/mol. The third-order valence-electron chi connectivity index (χ3n) is 15.0. The number of ether oxygens (including phenoxy) is 2. The van der Waals surface area contributed by atoms with Gasteiger partial charge in [-0.3, -0.25) is 4.79 Å². The van der Waals surface area contributed by atoms with Crippen molar-refractivity contribution in [1.29, 1.82) is 0 Å². The summed E-state index contributed by atoms with van der Waals surface area (Å²) in [6.45, 7) is 24.1. The zero-order valence-corrected chi connectivity index (χ0v) is 30.3. The first-order chi connectivity index (χ1) is 22.4. The van der Waals surface area contributed by atoms with E-state index in [-0.39, 0.29) is 45.9 Å². The second kappa shape index (κ2) is 9.16. The van der Waals surface area contributed by atoms with Crippen molar-refractivity contribution >= 4 is 33.2 Å². The molecule has 2 aromatic heterocycles. The van der Waals surface area contributed by atoms with E-state index < -0.39 is 17.3 Å². The van der Waals surface area contributed by atoms with E-state index in [0.29, 0.717) is 18.3 Å². The molecular weight excluding hydrogens is 598 g/mol. The second-order valence-corrected chi connectivity index (χ2v) is 18.6. The first-order valence-corrected chi connectivity index (χ1v) is 18.5. The Bertz CT molecular complexity index is 2000. The van der Waals surface area contributed by atoms with E-state index in [1.54, 1.807) is 6.92 Å². The molecule has 6 nitrogen and oxygen atoms in total. The number of aromatic hydroxyl groups is 1. The van der Waals surface area contributed by atoms with Crippen molar-refractivity contribution in [2.24, 2.45) is 28.6 Å². The summed E-state index contributed by atoms with van der Waals surface area (Å²) in [5, 5.41) is 26.5. The molecule has 0 radical (unpaired) electrons. The molecule has 0 bridgehead atoms. The summed E-state index contributed by atoms with van der Waals surface area (Å²) < 4.78 is 15.6. The third-order valence-corrected chi connectivity index (χ3v) is 15.0. The number of hydrogen-bond donors (Lipinski definition) is 2. The molecule has 4 aliphatic carbocycles. The maximum Gasteiger partial charge on any atom is 0.149 e. The Morgan fingerprint density at radius 2 is 1.81 bits per heavy atom. The van der Waals surface area contributed by atoms with Crippen LogP contribution in [0.4, 0.5) is 0 Å². The third kappa shape index (κ3) is 3.48. The zero-order chi connectivity index (χ0) is 34.2. The smallest absolute Gasteiger partial charge is 0.149 e. The number of ketones is 1. The summed E-state index contributed by atoms with van der Waals surface area (Å²) in [5.74, 6) is 1.20. The topological polar surface area (TPSA) is 80.4 Å². The van der Waals surface area contributed by atoms with E-state index in [0.717, 1.165) is 71.0 Å². The van der Waals surface area contributed by atoms with Crippen molar-refractivity contribution in [2.75, 3.05) is 0 Å². The highest BCUT2D eigenvalue weighted by molar-refractivity contribution is 6.11. The Kier molecular flexibility index (Phi) is 5.98. The molecule has 2 aliphatic heterocycles. The minimum Gasteiger partial charge on any atom is -0.505 e. The maximum absolute atomic E-state index is 12.3. The lowest BCUT2D eigenvalue weighted by Crippen LogP contribution is -2.61. The van der Waals surface area contributed by atoms with E-state index >= 15 is 0 Å². The predicted octanol–water partition coefficient (Wildman–Crippen LogP) is 8.69. The van der Waals surface area contributed by atoms with Gasteiger partial charge in [0.15, 0.2) is 0 Å². The van der Waals surface area contributed by atoms with Gasteiger partial charge in [0.1, 0.15) is 11.5 Å². The average molecular weight is 652 g/mol. The molecule has 9 rings (SSSR count). The van der Waals surface area contributed by atoms with Crippen molar-refractivity contribution in [1.82, 2.24) is 4.40 Å². The molecule has 256 valence electrons. The van der Waals surface area contributed by atoms with E-state index in [1.165, 1.54) is 23.1 Å². The molecule has 4 heterocycles. The molecule has 2 saturated carbocycles. The number of aromatic nitrogens is 1. The molecule has 1 saturated heterocycles. The molecule has 6 heteroatoms. The van der Waals surface area contributed by atoms with E-state index in [4.69, 9.17) is 9.47 Å². The average Bonchev–Trinajstić information content (AvgIpc) is 3.70. The van der Waals surface area contributed by atoms with E-state index in [9.17, 15) is 15.0 Å². The first-order valence-electron chi connectivity index (χ1n) is 18.5. The highest BCUT2D eigenvalue weighted by Gasteiger charge is 2.69. The number of rotatable bonds is 3. The first kappa shape index (κ1) is 31.3. The number of carbonyl (C=O) groups is 1. The highest BCUT2D eigenvalue weighted by atomic mass is 16.5. The normalized spacial score (nSPS) is 40.2. The van der Waals surface area contributed by atoms with Crippen molar-refractivity contribution in [2.45, 2.75) is 142 Å². The van der Waals surface area contributed by atoms with Crippen molar-refractivity contribution in [3.63, 3.8) is 0 Å². The quantitative estimate of drug-likeness (QED) is 0.296. The Morgan fingerprint density at radius 3 is 2.50 bits per heavy atom. The van der Waals surface area contributed by atoms with Crippen molar-refractivity contribution in [3.8, 4) is 5.75 Å². The van der Waals surface area contributed by atoms with Gasteiger partial charge in [0, 0.05) is 39.8 Å². The molecule has 0 amide bonds. The van der Waals surface area contributed by atoms with Crippen LogP contribution in [-0.2, 0) is 26.1 Å². The summed E-state index contributed by atoms with van der Waals surface area (Å²) in [4.78, 5) is 12.2. The molecule has 3 aromatic rings. The highest BCUT2D eigenvalue weighted by Crippen LogP contribution is 2.73. The van der Waals surface area contributed by atoms with Gasteiger partial charge >= 0.3 is 0 Å². The SMILES string of the molecule is C=C(C)c1c(O)c2c3c(cc4c5c(n1c42)C1(C)C(CCC2[C@]4(C)C[C@H](CC(C)=O)O[C@H]4CC[C@@]21C)C5)C1=CC(C)(C)OC(C)(C)C1[C@@H]3O. The fourth-order valence-corrected chi connectivity index (χ4v) is 13.5. The van der Waals surface area contributed by atoms with Gasteiger partial charge < -0.3 is 24.1 Å². The maximum atomic E-state index is 12.3. The Labute approximate surface area is 284 Å². The minimum atomic E-state index is -0.790. The Balaban J connectivity index is 1.29. The van der Waals surface area contributed by atoms with Crippen LogP contribution in [-0.4, -0.2) is 43.8 Å². The fraction of sp³-hybridized carbons (Fsp3) is 0.643. The minimum absolute atomic E-state index is 0.0119. The van der Waals surface area contributed by atoms with Crippen LogP contribution in [0.3, 0.4) is 0 Å². The van der Waals surface area contributed by atoms with Crippen LogP contribution in [0.1, 0.15) is 135 Å². The standard InChI is InChI=1S/C42H53NO5/c1-20(2)33-36(46)31-30-24(27-19-38(4,5)48-39(6,7)32(27)35(30)45)17-25-26-16-22-11-12-28-40(8)18-23(15-21(3)44)47-29(40)13-14-41(28,9)42(22,10)37(26)43(33)34(25)31/h17,19,22-23,28-29,32,35,45-46H,1,11-16,18H2,2-10H3/t22?,23-,28?,29-,32?,35+,40-,41-,42?/m0/s1. The van der Waals surface area contributed by atoms with Crippen LogP contribution in [0, 0.1) is 28.6 Å². The summed E-state index contributed by atoms with van der Waals surface area (Å²) >= 11 is 0. The number of allylic oxidation sites excluding steroid dienone is 1. The van der Waals surface area contributed by atoms with Crippen molar-refractivity contribution < 1.29 is 24.5 Å². The van der Waals surface area contributed by atoms with Gasteiger partial charge in [-0.1, -0.05) is 27.4 Å². The van der Waals surface area contributed by atoms with Gasteiger partial charge in [-0.2, -0.15) is 0 Å². The molecule has 0 spiro atoms. The van der Waals surface area contributed by atoms with Gasteiger partial charge in [-0.15, -0.1) is 0 Å². The summed E-state index contributed by atoms with van der Waals surface area (Å²) in [6.07, 6.45) is 8.55. The molecule has 48 heavy (non-hydrogen) atoms. The summed E-state index contributed by atoms with van der Waals surface area (Å²) in [6, 6.07) is 2.36. The molecule has 6 aliphatic rings.